The van der Waals surface area contributed by atoms with Gasteiger partial charge in [-0.15, -0.1) is 11.8 Å². The molecule has 2 aromatic rings. The predicted molar refractivity (Wildman–Crippen MR) is 123 cm³/mol. The smallest absolute Gasteiger partial charge is 0.242 e. The van der Waals surface area contributed by atoms with Gasteiger partial charge in [-0.25, -0.2) is 0 Å². The third kappa shape index (κ3) is 7.10. The van der Waals surface area contributed by atoms with Crippen molar-refractivity contribution in [3.63, 3.8) is 0 Å². The van der Waals surface area contributed by atoms with Crippen LogP contribution < -0.4 is 10.1 Å². The molecule has 30 heavy (non-hydrogen) atoms. The van der Waals surface area contributed by atoms with Crippen molar-refractivity contribution in [2.45, 2.75) is 57.6 Å². The number of hydrogen-bond donors (Lipinski definition) is 1. The first kappa shape index (κ1) is 23.8. The molecule has 0 aliphatic carbocycles. The van der Waals surface area contributed by atoms with Crippen LogP contribution in [0.2, 0.25) is 0 Å². The minimum absolute atomic E-state index is 0.0665. The van der Waals surface area contributed by atoms with E-state index in [2.05, 4.69) is 5.32 Å². The van der Waals surface area contributed by atoms with E-state index in [0.29, 0.717) is 6.54 Å². The molecule has 2 unspecified atom stereocenters. The van der Waals surface area contributed by atoms with Gasteiger partial charge in [0.05, 0.1) is 12.9 Å². The first-order valence-corrected chi connectivity index (χ1v) is 11.2. The lowest BCUT2D eigenvalue weighted by Crippen LogP contribution is -2.50. The molecule has 0 aliphatic heterocycles. The second-order valence-electron chi connectivity index (χ2n) is 7.47. The molecule has 0 heterocycles. The molecule has 0 saturated heterocycles. The number of ether oxygens (including phenoxy) is 1. The van der Waals surface area contributed by atoms with Crippen LogP contribution in [0.3, 0.4) is 0 Å². The van der Waals surface area contributed by atoms with Gasteiger partial charge in [0.15, 0.2) is 0 Å². The molecule has 0 aromatic heterocycles. The van der Waals surface area contributed by atoms with Crippen LogP contribution in [-0.4, -0.2) is 41.7 Å². The largest absolute Gasteiger partial charge is 0.497 e. The maximum Gasteiger partial charge on any atom is 0.242 e. The van der Waals surface area contributed by atoms with E-state index < -0.39 is 6.04 Å². The van der Waals surface area contributed by atoms with Crippen molar-refractivity contribution in [3.05, 3.63) is 59.7 Å². The molecule has 6 heteroatoms. The van der Waals surface area contributed by atoms with Gasteiger partial charge in [0.25, 0.3) is 0 Å². The normalized spacial score (nSPS) is 12.7. The third-order valence-electron chi connectivity index (χ3n) is 5.06. The number of hydrogen-bond acceptors (Lipinski definition) is 4. The third-order valence-corrected chi connectivity index (χ3v) is 6.06. The molecule has 0 radical (unpaired) electrons. The van der Waals surface area contributed by atoms with Crippen molar-refractivity contribution in [1.82, 2.24) is 10.2 Å². The quantitative estimate of drug-likeness (QED) is 0.569. The highest BCUT2D eigenvalue weighted by Gasteiger charge is 2.26. The van der Waals surface area contributed by atoms with Crippen LogP contribution in [0, 0.1) is 6.92 Å². The second-order valence-corrected chi connectivity index (χ2v) is 8.51. The van der Waals surface area contributed by atoms with Crippen LogP contribution in [0.5, 0.6) is 5.75 Å². The van der Waals surface area contributed by atoms with Crippen molar-refractivity contribution >= 4 is 23.6 Å². The Labute approximate surface area is 184 Å². The van der Waals surface area contributed by atoms with Crippen molar-refractivity contribution in [2.75, 3.05) is 12.9 Å². The minimum Gasteiger partial charge on any atom is -0.497 e. The lowest BCUT2D eigenvalue weighted by Gasteiger charge is -2.29. The topological polar surface area (TPSA) is 58.6 Å². The van der Waals surface area contributed by atoms with Crippen molar-refractivity contribution in [3.8, 4) is 5.75 Å². The van der Waals surface area contributed by atoms with Gasteiger partial charge in [0, 0.05) is 17.5 Å². The van der Waals surface area contributed by atoms with Crippen LogP contribution in [-0.2, 0) is 16.1 Å². The average molecular weight is 429 g/mol. The molecule has 0 fully saturated rings. The molecule has 162 valence electrons. The first-order chi connectivity index (χ1) is 14.3. The summed E-state index contributed by atoms with van der Waals surface area (Å²) >= 11 is 1.49. The standard InChI is InChI=1S/C24H32N2O3S/c1-6-18(3)25-24(28)19(4)26(15-20-9-11-21(29-5)12-10-20)23(27)16-30-22-13-7-17(2)8-14-22/h7-14,18-19H,6,15-16H2,1-5H3,(H,25,28). The van der Waals surface area contributed by atoms with E-state index in [4.69, 9.17) is 4.74 Å². The Hall–Kier alpha value is -2.47. The molecule has 5 nitrogen and oxygen atoms in total. The van der Waals surface area contributed by atoms with Gasteiger partial charge in [-0.05, 0) is 57.0 Å². The van der Waals surface area contributed by atoms with Gasteiger partial charge in [-0.3, -0.25) is 9.59 Å². The van der Waals surface area contributed by atoms with Gasteiger partial charge in [-0.1, -0.05) is 36.8 Å². The van der Waals surface area contributed by atoms with Crippen LogP contribution in [0.1, 0.15) is 38.3 Å². The average Bonchev–Trinajstić information content (AvgIpc) is 2.76. The molecule has 0 saturated carbocycles. The lowest BCUT2D eigenvalue weighted by molar-refractivity contribution is -0.138. The van der Waals surface area contributed by atoms with E-state index in [1.165, 1.54) is 17.3 Å². The molecule has 2 atom stereocenters. The van der Waals surface area contributed by atoms with Gasteiger partial charge in [0.1, 0.15) is 11.8 Å². The number of nitrogens with one attached hydrogen (secondary N) is 1. The number of benzene rings is 2. The van der Waals surface area contributed by atoms with Crippen LogP contribution in [0.15, 0.2) is 53.4 Å². The summed E-state index contributed by atoms with van der Waals surface area (Å²) in [5.41, 5.74) is 2.13. The number of nitrogens with zero attached hydrogens (tertiary/aromatic N) is 1. The molecular formula is C24H32N2O3S. The van der Waals surface area contributed by atoms with Crippen molar-refractivity contribution in [2.24, 2.45) is 0 Å². The van der Waals surface area contributed by atoms with E-state index in [9.17, 15) is 9.59 Å². The molecule has 0 aliphatic rings. The molecule has 0 spiro atoms. The van der Waals surface area contributed by atoms with Gasteiger partial charge >= 0.3 is 0 Å². The zero-order chi connectivity index (χ0) is 22.1. The number of rotatable bonds is 10. The SMILES string of the molecule is CCC(C)NC(=O)C(C)N(Cc1ccc(OC)cc1)C(=O)CSc1ccc(C)cc1. The lowest BCUT2D eigenvalue weighted by atomic mass is 10.1. The van der Waals surface area contributed by atoms with Crippen molar-refractivity contribution < 1.29 is 14.3 Å². The summed E-state index contributed by atoms with van der Waals surface area (Å²) in [6, 6.07) is 15.2. The van der Waals surface area contributed by atoms with E-state index in [0.717, 1.165) is 22.6 Å². The predicted octanol–water partition coefficient (Wildman–Crippen LogP) is 4.43. The molecule has 2 amide bonds. The van der Waals surface area contributed by atoms with E-state index >= 15 is 0 Å². The minimum atomic E-state index is -0.563. The Balaban J connectivity index is 2.14. The Morgan fingerprint density at radius 1 is 1.07 bits per heavy atom. The fourth-order valence-electron chi connectivity index (χ4n) is 2.84. The number of amides is 2. The molecule has 2 aromatic carbocycles. The summed E-state index contributed by atoms with van der Waals surface area (Å²) in [6.45, 7) is 8.18. The number of aryl methyl sites for hydroxylation is 1. The molecule has 0 bridgehead atoms. The van der Waals surface area contributed by atoms with Crippen molar-refractivity contribution in [1.29, 1.82) is 0 Å². The van der Waals surface area contributed by atoms with Gasteiger partial charge in [-0.2, -0.15) is 0 Å². The number of thioether (sulfide) groups is 1. The highest BCUT2D eigenvalue weighted by molar-refractivity contribution is 8.00. The highest BCUT2D eigenvalue weighted by Crippen LogP contribution is 2.21. The fourth-order valence-corrected chi connectivity index (χ4v) is 3.62. The van der Waals surface area contributed by atoms with E-state index in [-0.39, 0.29) is 23.6 Å². The summed E-state index contributed by atoms with van der Waals surface area (Å²) in [4.78, 5) is 28.5. The van der Waals surface area contributed by atoms with Gasteiger partial charge < -0.3 is 15.0 Å². The monoisotopic (exact) mass is 428 g/mol. The van der Waals surface area contributed by atoms with Crippen LogP contribution in [0.25, 0.3) is 0 Å². The maximum atomic E-state index is 13.1. The Morgan fingerprint density at radius 2 is 1.70 bits per heavy atom. The Kier molecular flexibility index (Phi) is 9.24. The zero-order valence-electron chi connectivity index (χ0n) is 18.5. The van der Waals surface area contributed by atoms with Crippen LogP contribution in [0.4, 0.5) is 0 Å². The second kappa shape index (κ2) is 11.6. The number of carbonyl (C=O) groups is 2. The molecule has 1 N–H and O–H groups in total. The fraction of sp³-hybridized carbons (Fsp3) is 0.417. The summed E-state index contributed by atoms with van der Waals surface area (Å²) in [6.07, 6.45) is 0.841. The summed E-state index contributed by atoms with van der Waals surface area (Å²) in [5.74, 6) is 0.837. The maximum absolute atomic E-state index is 13.1. The van der Waals surface area contributed by atoms with Gasteiger partial charge in [0.2, 0.25) is 11.8 Å². The van der Waals surface area contributed by atoms with E-state index in [1.807, 2.05) is 69.3 Å². The Bertz CT molecular complexity index is 821. The van der Waals surface area contributed by atoms with Crippen LogP contribution >= 0.6 is 11.8 Å². The van der Waals surface area contributed by atoms with E-state index in [1.54, 1.807) is 18.9 Å². The first-order valence-electron chi connectivity index (χ1n) is 10.3. The summed E-state index contributed by atoms with van der Waals surface area (Å²) in [5, 5.41) is 2.99. The summed E-state index contributed by atoms with van der Waals surface area (Å²) in [7, 11) is 1.62. The summed E-state index contributed by atoms with van der Waals surface area (Å²) < 4.78 is 5.21. The zero-order valence-corrected chi connectivity index (χ0v) is 19.3. The highest BCUT2D eigenvalue weighted by atomic mass is 32.2. The molecular weight excluding hydrogens is 396 g/mol. The number of carbonyl (C=O) groups excluding carboxylic acids is 2. The number of methoxy groups -OCH3 is 1. The molecule has 2 rings (SSSR count). The Morgan fingerprint density at radius 3 is 2.27 bits per heavy atom.